The van der Waals surface area contributed by atoms with E-state index in [1.165, 1.54) is 6.92 Å². The third-order valence-corrected chi connectivity index (χ3v) is 5.00. The number of H-pyrrole nitrogens is 1. The van der Waals surface area contributed by atoms with Crippen LogP contribution < -0.4 is 4.90 Å². The zero-order valence-electron chi connectivity index (χ0n) is 16.4. The minimum Gasteiger partial charge on any atom is -0.349 e. The average molecular weight is 419 g/mol. The summed E-state index contributed by atoms with van der Waals surface area (Å²) in [6, 6.07) is 6.41. The molecule has 0 aromatic carbocycles. The number of nitrogens with zero attached hydrogens (tertiary/aromatic N) is 6. The van der Waals surface area contributed by atoms with Crippen LogP contribution in [0, 0.1) is 6.92 Å². The Morgan fingerprint density at radius 2 is 1.87 bits per heavy atom. The second kappa shape index (κ2) is 7.47. The first-order chi connectivity index (χ1) is 14.2. The summed E-state index contributed by atoms with van der Waals surface area (Å²) in [6.07, 6.45) is -2.64. The van der Waals surface area contributed by atoms with Gasteiger partial charge in [-0.1, -0.05) is 0 Å². The maximum Gasteiger partial charge on any atom is 0.433 e. The minimum atomic E-state index is -4.53. The van der Waals surface area contributed by atoms with Crippen LogP contribution in [0.4, 0.5) is 19.1 Å². The molecule has 0 spiro atoms. The third-order valence-electron chi connectivity index (χ3n) is 5.00. The number of nitrogens with one attached hydrogen (secondary N) is 1. The van der Waals surface area contributed by atoms with Crippen molar-refractivity contribution in [3.8, 4) is 11.4 Å². The molecule has 0 bridgehead atoms. The highest BCUT2D eigenvalue weighted by Gasteiger charge is 2.34. The molecular formula is C19H20F3N7O. The number of rotatable bonds is 3. The number of carbonyl (C=O) groups excluding carboxylic acids is 1. The van der Waals surface area contributed by atoms with Gasteiger partial charge in [0.25, 0.3) is 5.91 Å². The van der Waals surface area contributed by atoms with Crippen LogP contribution in [0.25, 0.3) is 11.4 Å². The van der Waals surface area contributed by atoms with E-state index >= 15 is 0 Å². The van der Waals surface area contributed by atoms with Crippen LogP contribution in [0.2, 0.25) is 0 Å². The van der Waals surface area contributed by atoms with Gasteiger partial charge in [0.1, 0.15) is 17.1 Å². The first-order valence-electron chi connectivity index (χ1n) is 9.36. The SMILES string of the molecule is Cc1cc(C(F)(F)F)nc(N2CCN(C(=O)c3cc(-c4cccn4C)n[nH]3)CC2)n1. The molecule has 0 unspecified atom stereocenters. The zero-order valence-corrected chi connectivity index (χ0v) is 16.4. The molecule has 1 aliphatic rings. The van der Waals surface area contributed by atoms with E-state index < -0.39 is 11.9 Å². The number of anilines is 1. The largest absolute Gasteiger partial charge is 0.433 e. The summed E-state index contributed by atoms with van der Waals surface area (Å²) in [4.78, 5) is 23.9. The number of halogens is 3. The Hall–Kier alpha value is -3.37. The molecule has 11 heteroatoms. The fourth-order valence-corrected chi connectivity index (χ4v) is 3.41. The molecule has 3 aromatic rings. The van der Waals surface area contributed by atoms with Crippen molar-refractivity contribution in [1.82, 2.24) is 29.6 Å². The fraction of sp³-hybridized carbons (Fsp3) is 0.368. The molecule has 30 heavy (non-hydrogen) atoms. The maximum atomic E-state index is 13.0. The topological polar surface area (TPSA) is 82.9 Å². The molecule has 1 N–H and O–H groups in total. The molecule has 8 nitrogen and oxygen atoms in total. The summed E-state index contributed by atoms with van der Waals surface area (Å²) in [7, 11) is 1.89. The Balaban J connectivity index is 1.44. The van der Waals surface area contributed by atoms with Crippen LogP contribution >= 0.6 is 0 Å². The summed E-state index contributed by atoms with van der Waals surface area (Å²) >= 11 is 0. The molecule has 4 rings (SSSR count). The Labute approximate surface area is 170 Å². The van der Waals surface area contributed by atoms with Crippen LogP contribution in [-0.4, -0.2) is 61.7 Å². The number of hydrogen-bond donors (Lipinski definition) is 1. The molecule has 158 valence electrons. The molecule has 1 fully saturated rings. The van der Waals surface area contributed by atoms with Gasteiger partial charge >= 0.3 is 6.18 Å². The highest BCUT2D eigenvalue weighted by atomic mass is 19.4. The molecule has 3 aromatic heterocycles. The van der Waals surface area contributed by atoms with E-state index in [9.17, 15) is 18.0 Å². The smallest absolute Gasteiger partial charge is 0.349 e. The molecule has 0 aliphatic carbocycles. The quantitative estimate of drug-likeness (QED) is 0.705. The van der Waals surface area contributed by atoms with Crippen LogP contribution in [-0.2, 0) is 13.2 Å². The van der Waals surface area contributed by atoms with E-state index in [1.54, 1.807) is 15.9 Å². The molecule has 1 aliphatic heterocycles. The average Bonchev–Trinajstić information content (AvgIpc) is 3.35. The highest BCUT2D eigenvalue weighted by Crippen LogP contribution is 2.29. The van der Waals surface area contributed by atoms with Crippen LogP contribution in [0.15, 0.2) is 30.5 Å². The Bertz CT molecular complexity index is 1060. The van der Waals surface area contributed by atoms with Crippen molar-refractivity contribution in [2.45, 2.75) is 13.1 Å². The van der Waals surface area contributed by atoms with Crippen LogP contribution in [0.5, 0.6) is 0 Å². The minimum absolute atomic E-state index is 0.0296. The van der Waals surface area contributed by atoms with Gasteiger partial charge in [0.2, 0.25) is 5.95 Å². The number of alkyl halides is 3. The summed E-state index contributed by atoms with van der Waals surface area (Å²) in [6.45, 7) is 2.87. The first kappa shape index (κ1) is 19.9. The zero-order chi connectivity index (χ0) is 21.5. The lowest BCUT2D eigenvalue weighted by atomic mass is 10.2. The lowest BCUT2D eigenvalue weighted by molar-refractivity contribution is -0.141. The highest BCUT2D eigenvalue weighted by molar-refractivity contribution is 5.93. The Morgan fingerprint density at radius 1 is 1.13 bits per heavy atom. The Kier molecular flexibility index (Phi) is 4.96. The third kappa shape index (κ3) is 3.87. The van der Waals surface area contributed by atoms with Gasteiger partial charge < -0.3 is 14.4 Å². The van der Waals surface area contributed by atoms with Gasteiger partial charge in [0.15, 0.2) is 0 Å². The Morgan fingerprint density at radius 3 is 2.50 bits per heavy atom. The van der Waals surface area contributed by atoms with E-state index in [2.05, 4.69) is 20.2 Å². The summed E-state index contributed by atoms with van der Waals surface area (Å²) in [5.41, 5.74) is 1.20. The predicted molar refractivity (Wildman–Crippen MR) is 103 cm³/mol. The molecule has 0 radical (unpaired) electrons. The molecule has 1 saturated heterocycles. The van der Waals surface area contributed by atoms with Crippen molar-refractivity contribution in [3.63, 3.8) is 0 Å². The van der Waals surface area contributed by atoms with Crippen molar-refractivity contribution in [2.75, 3.05) is 31.1 Å². The standard InChI is InChI=1S/C19H20F3N7O/c1-12-10-16(19(20,21)22)24-18(23-12)29-8-6-28(7-9-29)17(30)14-11-13(25-26-14)15-4-3-5-27(15)2/h3-5,10-11H,6-9H2,1-2H3,(H,25,26). The monoisotopic (exact) mass is 419 g/mol. The maximum absolute atomic E-state index is 13.0. The number of aromatic amines is 1. The number of amides is 1. The summed E-state index contributed by atoms with van der Waals surface area (Å²) < 4.78 is 41.0. The van der Waals surface area contributed by atoms with Crippen molar-refractivity contribution in [2.24, 2.45) is 7.05 Å². The molecule has 1 amide bonds. The van der Waals surface area contributed by atoms with Crippen LogP contribution in [0.3, 0.4) is 0 Å². The molecule has 4 heterocycles. The van der Waals surface area contributed by atoms with E-state index in [1.807, 2.05) is 29.9 Å². The lowest BCUT2D eigenvalue weighted by Gasteiger charge is -2.34. The number of aromatic nitrogens is 5. The first-order valence-corrected chi connectivity index (χ1v) is 9.36. The molecule has 0 saturated carbocycles. The second-order valence-electron chi connectivity index (χ2n) is 7.14. The molecule has 0 atom stereocenters. The molecular weight excluding hydrogens is 399 g/mol. The van der Waals surface area contributed by atoms with E-state index in [4.69, 9.17) is 0 Å². The van der Waals surface area contributed by atoms with Crippen molar-refractivity contribution in [3.05, 3.63) is 47.5 Å². The summed E-state index contributed by atoms with van der Waals surface area (Å²) in [5.74, 6) is -0.175. The van der Waals surface area contributed by atoms with Crippen molar-refractivity contribution < 1.29 is 18.0 Å². The number of carbonyl (C=O) groups is 1. The van der Waals surface area contributed by atoms with Crippen molar-refractivity contribution in [1.29, 1.82) is 0 Å². The van der Waals surface area contributed by atoms with Gasteiger partial charge in [-0.3, -0.25) is 9.89 Å². The van der Waals surface area contributed by atoms with Gasteiger partial charge in [0, 0.05) is 45.1 Å². The lowest BCUT2D eigenvalue weighted by Crippen LogP contribution is -2.49. The normalized spacial score (nSPS) is 15.0. The van der Waals surface area contributed by atoms with Crippen molar-refractivity contribution >= 4 is 11.9 Å². The van der Waals surface area contributed by atoms with Gasteiger partial charge in [0.05, 0.1) is 5.69 Å². The van der Waals surface area contributed by atoms with E-state index in [0.29, 0.717) is 37.6 Å². The predicted octanol–water partition coefficient (Wildman–Crippen LogP) is 2.49. The van der Waals surface area contributed by atoms with Gasteiger partial charge in [-0.25, -0.2) is 9.97 Å². The fourth-order valence-electron chi connectivity index (χ4n) is 3.41. The second-order valence-corrected chi connectivity index (χ2v) is 7.14. The number of hydrogen-bond acceptors (Lipinski definition) is 5. The van der Waals surface area contributed by atoms with E-state index in [-0.39, 0.29) is 17.5 Å². The van der Waals surface area contributed by atoms with Gasteiger partial charge in [-0.2, -0.15) is 18.3 Å². The van der Waals surface area contributed by atoms with Crippen LogP contribution in [0.1, 0.15) is 21.9 Å². The van der Waals surface area contributed by atoms with Gasteiger partial charge in [-0.15, -0.1) is 0 Å². The summed E-state index contributed by atoms with van der Waals surface area (Å²) in [5, 5.41) is 6.98. The van der Waals surface area contributed by atoms with Gasteiger partial charge in [-0.05, 0) is 31.2 Å². The number of aryl methyl sites for hydroxylation is 2. The number of piperazine rings is 1. The van der Waals surface area contributed by atoms with E-state index in [0.717, 1.165) is 11.8 Å².